The monoisotopic (exact) mass is 480 g/mol. The maximum Gasteiger partial charge on any atom is 0.239 e. The van der Waals surface area contributed by atoms with Crippen LogP contribution in [0.2, 0.25) is 0 Å². The molecule has 0 bridgehead atoms. The third-order valence-corrected chi connectivity index (χ3v) is 8.13. The SMILES string of the molecule is O=S(=O)(c1ccc(Cc2ccccc2)cc1)C(Br)(Br)Br. The van der Waals surface area contributed by atoms with E-state index in [1.807, 2.05) is 42.5 Å². The van der Waals surface area contributed by atoms with Gasteiger partial charge in [-0.25, -0.2) is 8.42 Å². The zero-order valence-corrected chi connectivity index (χ0v) is 15.8. The van der Waals surface area contributed by atoms with Gasteiger partial charge in [0.25, 0.3) is 0 Å². The van der Waals surface area contributed by atoms with E-state index < -0.39 is 11.3 Å². The average molecular weight is 483 g/mol. The van der Waals surface area contributed by atoms with Crippen LogP contribution in [0.4, 0.5) is 0 Å². The van der Waals surface area contributed by atoms with Crippen molar-refractivity contribution in [3.8, 4) is 0 Å². The van der Waals surface area contributed by atoms with E-state index >= 15 is 0 Å². The maximum absolute atomic E-state index is 12.2. The minimum Gasteiger partial charge on any atom is -0.220 e. The zero-order valence-electron chi connectivity index (χ0n) is 10.3. The van der Waals surface area contributed by atoms with Gasteiger partial charge < -0.3 is 0 Å². The Morgan fingerprint density at radius 2 is 1.30 bits per heavy atom. The van der Waals surface area contributed by atoms with Crippen molar-refractivity contribution in [1.29, 1.82) is 0 Å². The van der Waals surface area contributed by atoms with E-state index in [1.54, 1.807) is 12.1 Å². The molecular weight excluding hydrogens is 472 g/mol. The summed E-state index contributed by atoms with van der Waals surface area (Å²) < 4.78 is 23.0. The lowest BCUT2D eigenvalue weighted by atomic mass is 10.1. The first-order valence-electron chi connectivity index (χ1n) is 5.75. The van der Waals surface area contributed by atoms with Crippen molar-refractivity contribution in [2.24, 2.45) is 0 Å². The summed E-state index contributed by atoms with van der Waals surface area (Å²) in [6.07, 6.45) is 0.781. The van der Waals surface area contributed by atoms with Crippen LogP contribution in [0.1, 0.15) is 11.1 Å². The van der Waals surface area contributed by atoms with Crippen LogP contribution in [0.5, 0.6) is 0 Å². The Morgan fingerprint density at radius 1 is 0.800 bits per heavy atom. The second kappa shape index (κ2) is 6.30. The predicted octanol–water partition coefficient (Wildman–Crippen LogP) is 4.85. The molecule has 0 amide bonds. The van der Waals surface area contributed by atoms with Gasteiger partial charge in [0.15, 0.2) is 0 Å². The highest BCUT2D eigenvalue weighted by atomic mass is 80.0. The number of rotatable bonds is 3. The van der Waals surface area contributed by atoms with Gasteiger partial charge in [0.05, 0.1) is 4.90 Å². The van der Waals surface area contributed by atoms with Crippen LogP contribution in [-0.4, -0.2) is 9.89 Å². The molecule has 0 unspecified atom stereocenters. The van der Waals surface area contributed by atoms with Gasteiger partial charge in [0, 0.05) is 0 Å². The second-order valence-electron chi connectivity index (χ2n) is 4.26. The number of hydrogen-bond acceptors (Lipinski definition) is 2. The molecule has 0 heterocycles. The van der Waals surface area contributed by atoms with Gasteiger partial charge in [0.2, 0.25) is 11.3 Å². The third-order valence-electron chi connectivity index (χ3n) is 2.79. The Labute approximate surface area is 143 Å². The lowest BCUT2D eigenvalue weighted by Gasteiger charge is -2.13. The molecule has 2 nitrogen and oxygen atoms in total. The second-order valence-corrected chi connectivity index (χ2v) is 14.7. The molecule has 0 aromatic heterocycles. The first-order valence-corrected chi connectivity index (χ1v) is 9.61. The fraction of sp³-hybridized carbons (Fsp3) is 0.143. The maximum atomic E-state index is 12.2. The Bertz CT molecular complexity index is 675. The van der Waals surface area contributed by atoms with E-state index in [-0.39, 0.29) is 4.90 Å². The minimum atomic E-state index is -3.52. The smallest absolute Gasteiger partial charge is 0.220 e. The predicted molar refractivity (Wildman–Crippen MR) is 92.4 cm³/mol. The van der Waals surface area contributed by atoms with Crippen LogP contribution in [0.3, 0.4) is 0 Å². The van der Waals surface area contributed by atoms with Crippen LogP contribution in [-0.2, 0) is 16.3 Å². The Kier molecular flexibility index (Phi) is 5.10. The van der Waals surface area contributed by atoms with Gasteiger partial charge in [-0.15, -0.1) is 0 Å². The summed E-state index contributed by atoms with van der Waals surface area (Å²) in [7, 11) is -3.52. The highest BCUT2D eigenvalue weighted by molar-refractivity contribution is 9.42. The van der Waals surface area contributed by atoms with E-state index in [0.29, 0.717) is 0 Å². The van der Waals surface area contributed by atoms with E-state index in [9.17, 15) is 8.42 Å². The lowest BCUT2D eigenvalue weighted by Crippen LogP contribution is -2.17. The standard InChI is InChI=1S/C14H11Br3O2S/c15-14(16,17)20(18,19)13-8-6-12(7-9-13)10-11-4-2-1-3-5-11/h1-9H,10H2. The molecule has 0 fully saturated rings. The minimum absolute atomic E-state index is 0.250. The quantitative estimate of drug-likeness (QED) is 0.586. The summed E-state index contributed by atoms with van der Waals surface area (Å²) in [6, 6.07) is 16.9. The summed E-state index contributed by atoms with van der Waals surface area (Å²) in [5, 5.41) is 0. The number of alkyl halides is 3. The van der Waals surface area contributed by atoms with Crippen molar-refractivity contribution >= 4 is 57.6 Å². The fourth-order valence-corrected chi connectivity index (χ4v) is 4.20. The first kappa shape index (κ1) is 16.2. The van der Waals surface area contributed by atoms with Gasteiger partial charge in [-0.05, 0) is 77.5 Å². The molecule has 0 aliphatic heterocycles. The fourth-order valence-electron chi connectivity index (χ4n) is 1.75. The molecule has 20 heavy (non-hydrogen) atoms. The summed E-state index contributed by atoms with van der Waals surface area (Å²) >= 11 is 9.16. The topological polar surface area (TPSA) is 34.1 Å². The molecule has 106 valence electrons. The van der Waals surface area contributed by atoms with Crippen LogP contribution >= 0.6 is 47.8 Å². The van der Waals surface area contributed by atoms with Gasteiger partial charge >= 0.3 is 0 Å². The molecule has 0 saturated carbocycles. The molecule has 0 radical (unpaired) electrons. The van der Waals surface area contributed by atoms with Crippen molar-refractivity contribution in [2.45, 2.75) is 12.8 Å². The average Bonchev–Trinajstić information content (AvgIpc) is 2.39. The molecule has 0 aliphatic carbocycles. The van der Waals surface area contributed by atoms with Crippen molar-refractivity contribution in [3.63, 3.8) is 0 Å². The van der Waals surface area contributed by atoms with Gasteiger partial charge in [0.1, 0.15) is 0 Å². The van der Waals surface area contributed by atoms with Crippen LogP contribution in [0.15, 0.2) is 59.5 Å². The van der Waals surface area contributed by atoms with Crippen LogP contribution in [0, 0.1) is 0 Å². The van der Waals surface area contributed by atoms with E-state index in [0.717, 1.165) is 12.0 Å². The number of benzene rings is 2. The van der Waals surface area contributed by atoms with Gasteiger partial charge in [-0.3, -0.25) is 0 Å². The largest absolute Gasteiger partial charge is 0.239 e. The highest BCUT2D eigenvalue weighted by Gasteiger charge is 2.37. The van der Waals surface area contributed by atoms with Crippen LogP contribution < -0.4 is 0 Å². The molecule has 0 atom stereocenters. The first-order chi connectivity index (χ1) is 9.30. The third kappa shape index (κ3) is 3.72. The highest BCUT2D eigenvalue weighted by Crippen LogP contribution is 2.43. The molecule has 0 saturated heterocycles. The number of halogens is 3. The Morgan fingerprint density at radius 3 is 1.80 bits per heavy atom. The van der Waals surface area contributed by atoms with Crippen LogP contribution in [0.25, 0.3) is 0 Å². The van der Waals surface area contributed by atoms with Crippen molar-refractivity contribution in [2.75, 3.05) is 0 Å². The zero-order chi connectivity index (χ0) is 14.8. The van der Waals surface area contributed by atoms with E-state index in [1.165, 1.54) is 5.56 Å². The van der Waals surface area contributed by atoms with Gasteiger partial charge in [-0.1, -0.05) is 42.5 Å². The van der Waals surface area contributed by atoms with Crippen molar-refractivity contribution < 1.29 is 8.42 Å². The number of hydrogen-bond donors (Lipinski definition) is 0. The van der Waals surface area contributed by atoms with Crippen molar-refractivity contribution in [1.82, 2.24) is 0 Å². The lowest BCUT2D eigenvalue weighted by molar-refractivity contribution is 0.599. The molecular formula is C14H11Br3O2S. The summed E-state index contributed by atoms with van der Waals surface area (Å²) in [5.74, 6) is 0. The van der Waals surface area contributed by atoms with Gasteiger partial charge in [-0.2, -0.15) is 0 Å². The summed E-state index contributed by atoms with van der Waals surface area (Å²) in [5.41, 5.74) is 2.26. The molecule has 2 aromatic rings. The molecule has 0 aliphatic rings. The summed E-state index contributed by atoms with van der Waals surface area (Å²) in [6.45, 7) is 0. The Hall–Kier alpha value is -0.170. The summed E-state index contributed by atoms with van der Waals surface area (Å²) in [4.78, 5) is 0.250. The number of sulfone groups is 1. The Balaban J connectivity index is 2.24. The van der Waals surface area contributed by atoms with E-state index in [2.05, 4.69) is 47.8 Å². The molecule has 2 aromatic carbocycles. The normalized spacial score (nSPS) is 12.3. The van der Waals surface area contributed by atoms with Crippen molar-refractivity contribution in [3.05, 3.63) is 65.7 Å². The molecule has 6 heteroatoms. The molecule has 0 spiro atoms. The van der Waals surface area contributed by atoms with E-state index in [4.69, 9.17) is 0 Å². The molecule has 0 N–H and O–H groups in total. The molecule has 2 rings (SSSR count).